The zero-order valence-electron chi connectivity index (χ0n) is 12.2. The highest BCUT2D eigenvalue weighted by Gasteiger charge is 2.24. The normalized spacial score (nSPS) is 24.9. The van der Waals surface area contributed by atoms with E-state index in [0.29, 0.717) is 12.1 Å². The van der Waals surface area contributed by atoms with E-state index in [2.05, 4.69) is 10.2 Å². The molecule has 0 amide bonds. The van der Waals surface area contributed by atoms with Gasteiger partial charge in [0.2, 0.25) is 0 Å². The third-order valence-corrected chi connectivity index (χ3v) is 4.69. The monoisotopic (exact) mass is 276 g/mol. The molecule has 1 aliphatic carbocycles. The van der Waals surface area contributed by atoms with Crippen LogP contribution in [0.3, 0.4) is 0 Å². The third-order valence-electron chi connectivity index (χ3n) is 4.69. The Morgan fingerprint density at radius 2 is 1.70 bits per heavy atom. The quantitative estimate of drug-likeness (QED) is 0.905. The largest absolute Gasteiger partial charge is 0.368 e. The number of halogens is 1. The van der Waals surface area contributed by atoms with Crippen molar-refractivity contribution < 1.29 is 4.39 Å². The minimum Gasteiger partial charge on any atom is -0.368 e. The molecule has 1 aliphatic heterocycles. The number of piperidine rings is 1. The third kappa shape index (κ3) is 3.32. The zero-order valence-corrected chi connectivity index (χ0v) is 12.2. The molecule has 1 saturated heterocycles. The maximum Gasteiger partial charge on any atom is 0.146 e. The summed E-state index contributed by atoms with van der Waals surface area (Å²) >= 11 is 0. The number of benzene rings is 1. The second-order valence-corrected chi connectivity index (χ2v) is 6.24. The van der Waals surface area contributed by atoms with Crippen LogP contribution in [0.1, 0.15) is 44.9 Å². The average molecular weight is 276 g/mol. The van der Waals surface area contributed by atoms with Crippen LogP contribution >= 0.6 is 0 Å². The summed E-state index contributed by atoms with van der Waals surface area (Å²) in [6.07, 6.45) is 9.12. The number of rotatable bonds is 3. The summed E-state index contributed by atoms with van der Waals surface area (Å²) in [7, 11) is 0. The highest BCUT2D eigenvalue weighted by atomic mass is 19.1. The fraction of sp³-hybridized carbons (Fsp3) is 0.647. The molecule has 0 spiro atoms. The van der Waals surface area contributed by atoms with E-state index < -0.39 is 0 Å². The molecule has 20 heavy (non-hydrogen) atoms. The van der Waals surface area contributed by atoms with E-state index in [1.54, 1.807) is 12.1 Å². The van der Waals surface area contributed by atoms with Gasteiger partial charge in [0.1, 0.15) is 5.82 Å². The van der Waals surface area contributed by atoms with Crippen LogP contribution in [0.15, 0.2) is 24.3 Å². The first-order valence-corrected chi connectivity index (χ1v) is 8.08. The molecule has 1 aromatic carbocycles. The van der Waals surface area contributed by atoms with Crippen LogP contribution in [0, 0.1) is 5.82 Å². The lowest BCUT2D eigenvalue weighted by molar-refractivity contribution is 0.312. The Labute approximate surface area is 121 Å². The lowest BCUT2D eigenvalue weighted by Crippen LogP contribution is -2.49. The number of nitrogens with one attached hydrogen (secondary N) is 1. The van der Waals surface area contributed by atoms with E-state index in [1.807, 2.05) is 12.1 Å². The number of para-hydroxylation sites is 1. The standard InChI is InChI=1S/C17H25FN2/c18-16-10-4-5-11-17(16)20-12-6-9-15(13-20)19-14-7-2-1-3-8-14/h4-5,10-11,14-15,19H,1-3,6-9,12-13H2. The van der Waals surface area contributed by atoms with Crippen molar-refractivity contribution in [3.8, 4) is 0 Å². The molecule has 1 atom stereocenters. The Bertz CT molecular complexity index is 429. The lowest BCUT2D eigenvalue weighted by atomic mass is 9.93. The molecule has 1 unspecified atom stereocenters. The molecule has 1 heterocycles. The lowest BCUT2D eigenvalue weighted by Gasteiger charge is -2.37. The van der Waals surface area contributed by atoms with Gasteiger partial charge in [0.15, 0.2) is 0 Å². The highest BCUT2D eigenvalue weighted by molar-refractivity contribution is 5.48. The molecule has 0 radical (unpaired) electrons. The summed E-state index contributed by atoms with van der Waals surface area (Å²) in [4.78, 5) is 2.21. The molecule has 1 N–H and O–H groups in total. The number of hydrogen-bond acceptors (Lipinski definition) is 2. The Morgan fingerprint density at radius 3 is 2.50 bits per heavy atom. The number of anilines is 1. The van der Waals surface area contributed by atoms with Gasteiger partial charge in [0, 0.05) is 25.2 Å². The summed E-state index contributed by atoms with van der Waals surface area (Å²) in [5.74, 6) is -0.0918. The van der Waals surface area contributed by atoms with Gasteiger partial charge in [-0.3, -0.25) is 0 Å². The predicted octanol–water partition coefficient (Wildman–Crippen LogP) is 3.72. The second kappa shape index (κ2) is 6.57. The summed E-state index contributed by atoms with van der Waals surface area (Å²) in [6, 6.07) is 8.36. The summed E-state index contributed by atoms with van der Waals surface area (Å²) in [6.45, 7) is 1.92. The molecule has 3 heteroatoms. The van der Waals surface area contributed by atoms with Crippen molar-refractivity contribution in [1.29, 1.82) is 0 Å². The molecule has 2 fully saturated rings. The van der Waals surface area contributed by atoms with Crippen molar-refractivity contribution in [2.75, 3.05) is 18.0 Å². The molecular weight excluding hydrogens is 251 g/mol. The highest BCUT2D eigenvalue weighted by Crippen LogP contribution is 2.24. The van der Waals surface area contributed by atoms with Crippen LogP contribution < -0.4 is 10.2 Å². The van der Waals surface area contributed by atoms with E-state index >= 15 is 0 Å². The Balaban J connectivity index is 1.60. The summed E-state index contributed by atoms with van der Waals surface area (Å²) in [5.41, 5.74) is 0.766. The van der Waals surface area contributed by atoms with E-state index in [-0.39, 0.29) is 5.82 Å². The molecule has 2 nitrogen and oxygen atoms in total. The maximum atomic E-state index is 13.9. The van der Waals surface area contributed by atoms with E-state index in [4.69, 9.17) is 0 Å². The van der Waals surface area contributed by atoms with Gasteiger partial charge in [-0.25, -0.2) is 4.39 Å². The second-order valence-electron chi connectivity index (χ2n) is 6.24. The smallest absolute Gasteiger partial charge is 0.146 e. The minimum absolute atomic E-state index is 0.0918. The summed E-state index contributed by atoms with van der Waals surface area (Å²) in [5, 5.41) is 3.81. The van der Waals surface area contributed by atoms with Crippen LogP contribution in [-0.4, -0.2) is 25.2 Å². The fourth-order valence-electron chi connectivity index (χ4n) is 3.64. The fourth-order valence-corrected chi connectivity index (χ4v) is 3.64. The van der Waals surface area contributed by atoms with Crippen molar-refractivity contribution in [2.45, 2.75) is 57.0 Å². The van der Waals surface area contributed by atoms with Crippen molar-refractivity contribution in [2.24, 2.45) is 0 Å². The van der Waals surface area contributed by atoms with Crippen LogP contribution in [-0.2, 0) is 0 Å². The maximum absolute atomic E-state index is 13.9. The van der Waals surface area contributed by atoms with Gasteiger partial charge in [-0.1, -0.05) is 31.4 Å². The molecule has 3 rings (SSSR count). The topological polar surface area (TPSA) is 15.3 Å². The van der Waals surface area contributed by atoms with Crippen LogP contribution in [0.4, 0.5) is 10.1 Å². The van der Waals surface area contributed by atoms with Crippen molar-refractivity contribution >= 4 is 5.69 Å². The van der Waals surface area contributed by atoms with Gasteiger partial charge in [-0.05, 0) is 37.8 Å². The van der Waals surface area contributed by atoms with Gasteiger partial charge in [0.25, 0.3) is 0 Å². The van der Waals surface area contributed by atoms with E-state index in [0.717, 1.165) is 25.2 Å². The SMILES string of the molecule is Fc1ccccc1N1CCCC(NC2CCCCC2)C1. The van der Waals surface area contributed by atoms with E-state index in [1.165, 1.54) is 38.5 Å². The van der Waals surface area contributed by atoms with Gasteiger partial charge < -0.3 is 10.2 Å². The molecule has 2 aliphatic rings. The van der Waals surface area contributed by atoms with Gasteiger partial charge in [0.05, 0.1) is 5.69 Å². The Hall–Kier alpha value is -1.09. The predicted molar refractivity (Wildman–Crippen MR) is 81.6 cm³/mol. The average Bonchev–Trinajstić information content (AvgIpc) is 2.49. The van der Waals surface area contributed by atoms with Crippen molar-refractivity contribution in [1.82, 2.24) is 5.32 Å². The molecule has 0 bridgehead atoms. The number of nitrogens with zero attached hydrogens (tertiary/aromatic N) is 1. The van der Waals surface area contributed by atoms with Crippen LogP contribution in [0.2, 0.25) is 0 Å². The molecule has 110 valence electrons. The first kappa shape index (κ1) is 13.9. The zero-order chi connectivity index (χ0) is 13.8. The minimum atomic E-state index is -0.0918. The molecule has 0 aromatic heterocycles. The summed E-state index contributed by atoms with van der Waals surface area (Å²) < 4.78 is 13.9. The van der Waals surface area contributed by atoms with Crippen LogP contribution in [0.5, 0.6) is 0 Å². The Kier molecular flexibility index (Phi) is 4.56. The van der Waals surface area contributed by atoms with Gasteiger partial charge in [-0.2, -0.15) is 0 Å². The first-order valence-electron chi connectivity index (χ1n) is 8.08. The number of hydrogen-bond donors (Lipinski definition) is 1. The molecule has 1 saturated carbocycles. The van der Waals surface area contributed by atoms with E-state index in [9.17, 15) is 4.39 Å². The molecule has 1 aromatic rings. The van der Waals surface area contributed by atoms with Gasteiger partial charge >= 0.3 is 0 Å². The Morgan fingerprint density at radius 1 is 0.950 bits per heavy atom. The van der Waals surface area contributed by atoms with Gasteiger partial charge in [-0.15, -0.1) is 0 Å². The van der Waals surface area contributed by atoms with Crippen LogP contribution in [0.25, 0.3) is 0 Å². The molecular formula is C17H25FN2. The van der Waals surface area contributed by atoms with Crippen molar-refractivity contribution in [3.05, 3.63) is 30.1 Å². The van der Waals surface area contributed by atoms with Crippen molar-refractivity contribution in [3.63, 3.8) is 0 Å². The first-order chi connectivity index (χ1) is 9.83.